The molecule has 1 atom stereocenters. The average Bonchev–Trinajstić information content (AvgIpc) is 3.26. The summed E-state index contributed by atoms with van der Waals surface area (Å²) in [6.07, 6.45) is 1.20. The number of nitrogens with zero attached hydrogens (tertiary/aromatic N) is 6. The third-order valence-corrected chi connectivity index (χ3v) is 6.95. The molecule has 2 N–H and O–H groups in total. The molecule has 1 unspecified atom stereocenters. The van der Waals surface area contributed by atoms with Crippen molar-refractivity contribution in [3.8, 4) is 5.75 Å². The van der Waals surface area contributed by atoms with E-state index in [0.29, 0.717) is 31.1 Å². The number of aromatic nitrogens is 1. The van der Waals surface area contributed by atoms with Gasteiger partial charge in [0.05, 0.1) is 24.1 Å². The number of anilines is 2. The topological polar surface area (TPSA) is 96.5 Å². The molecule has 11 nitrogen and oxygen atoms in total. The van der Waals surface area contributed by atoms with Crippen LogP contribution in [0.3, 0.4) is 0 Å². The van der Waals surface area contributed by atoms with Crippen LogP contribution < -0.4 is 20.5 Å². The molecule has 0 aliphatic carbocycles. The van der Waals surface area contributed by atoms with Gasteiger partial charge in [-0.25, -0.2) is 9.59 Å². The SMILES string of the molecule is Cc1ccc(NNC(=O)N2c3ccccc3OC2CN2CCN(C(=O)N3CCN(C)CC3)CC2)cn1. The largest absolute Gasteiger partial charge is 0.466 e. The Morgan fingerprint density at radius 1 is 0.972 bits per heavy atom. The average molecular weight is 495 g/mol. The van der Waals surface area contributed by atoms with E-state index in [2.05, 4.69) is 32.7 Å². The zero-order valence-corrected chi connectivity index (χ0v) is 20.9. The Labute approximate surface area is 211 Å². The van der Waals surface area contributed by atoms with Gasteiger partial charge in [-0.15, -0.1) is 0 Å². The number of hydrogen-bond acceptors (Lipinski definition) is 7. The number of aryl methyl sites for hydroxylation is 1. The molecule has 4 amide bonds. The highest BCUT2D eigenvalue weighted by Crippen LogP contribution is 2.37. The molecule has 192 valence electrons. The van der Waals surface area contributed by atoms with Crippen molar-refractivity contribution in [1.82, 2.24) is 30.0 Å². The van der Waals surface area contributed by atoms with Crippen molar-refractivity contribution in [3.63, 3.8) is 0 Å². The molecule has 0 saturated carbocycles. The maximum atomic E-state index is 13.2. The van der Waals surface area contributed by atoms with Crippen molar-refractivity contribution in [2.24, 2.45) is 0 Å². The fraction of sp³-hybridized carbons (Fsp3) is 0.480. The van der Waals surface area contributed by atoms with Crippen LogP contribution in [0.1, 0.15) is 5.69 Å². The Morgan fingerprint density at radius 2 is 1.67 bits per heavy atom. The number of carbonyl (C=O) groups excluding carboxylic acids is 2. The first kappa shape index (κ1) is 24.1. The Bertz CT molecular complexity index is 1070. The number of likely N-dealkylation sites (N-methyl/N-ethyl adjacent to an activating group) is 1. The molecule has 4 heterocycles. The van der Waals surface area contributed by atoms with Gasteiger partial charge >= 0.3 is 12.1 Å². The fourth-order valence-electron chi connectivity index (χ4n) is 4.74. The summed E-state index contributed by atoms with van der Waals surface area (Å²) in [5, 5.41) is 0. The number of piperazine rings is 2. The first-order chi connectivity index (χ1) is 17.5. The van der Waals surface area contributed by atoms with E-state index in [4.69, 9.17) is 4.74 Å². The minimum atomic E-state index is -0.472. The number of ether oxygens (including phenoxy) is 1. The summed E-state index contributed by atoms with van der Waals surface area (Å²) >= 11 is 0. The zero-order chi connectivity index (χ0) is 25.1. The molecule has 11 heteroatoms. The van der Waals surface area contributed by atoms with Crippen LogP contribution in [0.2, 0.25) is 0 Å². The number of fused-ring (bicyclic) bond motifs is 1. The molecule has 3 aliphatic rings. The highest BCUT2D eigenvalue weighted by Gasteiger charge is 2.37. The first-order valence-electron chi connectivity index (χ1n) is 12.5. The van der Waals surface area contributed by atoms with E-state index < -0.39 is 6.23 Å². The Balaban J connectivity index is 1.18. The number of rotatable bonds is 4. The van der Waals surface area contributed by atoms with Crippen LogP contribution in [0.4, 0.5) is 21.0 Å². The number of amides is 4. The van der Waals surface area contributed by atoms with Gasteiger partial charge in [0.25, 0.3) is 0 Å². The molecule has 3 aliphatic heterocycles. The number of benzene rings is 1. The number of pyridine rings is 1. The van der Waals surface area contributed by atoms with E-state index in [1.807, 2.05) is 53.1 Å². The van der Waals surface area contributed by atoms with Gasteiger partial charge in [0.1, 0.15) is 5.75 Å². The zero-order valence-electron chi connectivity index (χ0n) is 20.9. The van der Waals surface area contributed by atoms with Gasteiger partial charge in [-0.05, 0) is 38.2 Å². The van der Waals surface area contributed by atoms with Crippen molar-refractivity contribution < 1.29 is 14.3 Å². The van der Waals surface area contributed by atoms with Gasteiger partial charge in [0, 0.05) is 58.1 Å². The highest BCUT2D eigenvalue weighted by atomic mass is 16.5. The van der Waals surface area contributed by atoms with E-state index >= 15 is 0 Å². The summed E-state index contributed by atoms with van der Waals surface area (Å²) in [5.74, 6) is 0.679. The lowest BCUT2D eigenvalue weighted by atomic mass is 10.2. The quantitative estimate of drug-likeness (QED) is 0.624. The van der Waals surface area contributed by atoms with E-state index in [-0.39, 0.29) is 12.1 Å². The number of carbonyl (C=O) groups is 2. The van der Waals surface area contributed by atoms with Gasteiger partial charge in [-0.2, -0.15) is 0 Å². The molecule has 1 aromatic carbocycles. The second kappa shape index (κ2) is 10.6. The van der Waals surface area contributed by atoms with E-state index in [0.717, 1.165) is 50.6 Å². The number of para-hydroxylation sites is 2. The molecule has 0 bridgehead atoms. The lowest BCUT2D eigenvalue weighted by molar-refractivity contribution is 0.0797. The third-order valence-electron chi connectivity index (χ3n) is 6.95. The van der Waals surface area contributed by atoms with Crippen molar-refractivity contribution >= 4 is 23.4 Å². The Hall–Kier alpha value is -3.57. The first-order valence-corrected chi connectivity index (χ1v) is 12.5. The molecular formula is C25H34N8O3. The Kier molecular flexibility index (Phi) is 7.10. The van der Waals surface area contributed by atoms with E-state index in [9.17, 15) is 9.59 Å². The fourth-order valence-corrected chi connectivity index (χ4v) is 4.74. The van der Waals surface area contributed by atoms with Crippen LogP contribution in [-0.2, 0) is 0 Å². The molecule has 2 fully saturated rings. The summed E-state index contributed by atoms with van der Waals surface area (Å²) < 4.78 is 6.18. The standard InChI is InChI=1S/C25H34N8O3/c1-19-7-8-20(17-26-19)27-28-24(34)33-21-5-3-4-6-22(21)36-23(33)18-30-11-15-32(16-12-30)25(35)31-13-9-29(2)10-14-31/h3-8,17,23,27H,9-16,18H2,1-2H3,(H,28,34). The van der Waals surface area contributed by atoms with Crippen LogP contribution in [-0.4, -0.2) is 109 Å². The molecular weight excluding hydrogens is 460 g/mol. The second-order valence-electron chi connectivity index (χ2n) is 9.51. The van der Waals surface area contributed by atoms with Crippen LogP contribution in [0.25, 0.3) is 0 Å². The minimum absolute atomic E-state index is 0.130. The van der Waals surface area contributed by atoms with Crippen LogP contribution in [0, 0.1) is 6.92 Å². The van der Waals surface area contributed by atoms with E-state index in [1.165, 1.54) is 0 Å². The lowest BCUT2D eigenvalue weighted by Crippen LogP contribution is -2.58. The smallest absolute Gasteiger partial charge is 0.343 e. The van der Waals surface area contributed by atoms with Gasteiger partial charge in [0.2, 0.25) is 0 Å². The van der Waals surface area contributed by atoms with Crippen molar-refractivity contribution in [3.05, 3.63) is 48.3 Å². The number of hydrogen-bond donors (Lipinski definition) is 2. The summed E-state index contributed by atoms with van der Waals surface area (Å²) in [4.78, 5) is 40.4. The van der Waals surface area contributed by atoms with Crippen LogP contribution in [0.5, 0.6) is 5.75 Å². The molecule has 0 radical (unpaired) electrons. The summed E-state index contributed by atoms with van der Waals surface area (Å²) in [6, 6.07) is 11.1. The molecule has 2 aromatic rings. The lowest BCUT2D eigenvalue weighted by Gasteiger charge is -2.40. The number of nitrogens with one attached hydrogen (secondary N) is 2. The summed E-state index contributed by atoms with van der Waals surface area (Å²) in [7, 11) is 2.09. The number of hydrazine groups is 1. The normalized spacial score (nSPS) is 20.6. The third kappa shape index (κ3) is 5.31. The van der Waals surface area contributed by atoms with Gasteiger partial charge in [-0.1, -0.05) is 12.1 Å². The molecule has 0 spiro atoms. The van der Waals surface area contributed by atoms with Crippen molar-refractivity contribution in [2.45, 2.75) is 13.2 Å². The maximum Gasteiger partial charge on any atom is 0.343 e. The van der Waals surface area contributed by atoms with Crippen molar-refractivity contribution in [2.75, 3.05) is 76.3 Å². The van der Waals surface area contributed by atoms with Crippen LogP contribution >= 0.6 is 0 Å². The minimum Gasteiger partial charge on any atom is -0.466 e. The van der Waals surface area contributed by atoms with Gasteiger partial charge in [0.15, 0.2) is 6.23 Å². The van der Waals surface area contributed by atoms with Gasteiger partial charge < -0.3 is 19.4 Å². The predicted octanol–water partition coefficient (Wildman–Crippen LogP) is 1.64. The summed E-state index contributed by atoms with van der Waals surface area (Å²) in [6.45, 7) is 8.64. The molecule has 36 heavy (non-hydrogen) atoms. The Morgan fingerprint density at radius 3 is 2.36 bits per heavy atom. The molecule has 5 rings (SSSR count). The van der Waals surface area contributed by atoms with Crippen LogP contribution in [0.15, 0.2) is 42.6 Å². The maximum absolute atomic E-state index is 13.2. The second-order valence-corrected chi connectivity index (χ2v) is 9.51. The monoisotopic (exact) mass is 494 g/mol. The highest BCUT2D eigenvalue weighted by molar-refractivity contribution is 5.95. The van der Waals surface area contributed by atoms with Crippen molar-refractivity contribution in [1.29, 1.82) is 0 Å². The predicted molar refractivity (Wildman–Crippen MR) is 137 cm³/mol. The molecule has 1 aromatic heterocycles. The van der Waals surface area contributed by atoms with E-state index in [1.54, 1.807) is 11.1 Å². The number of urea groups is 2. The molecule has 2 saturated heterocycles. The summed E-state index contributed by atoms with van der Waals surface area (Å²) in [5.41, 5.74) is 8.02. The van der Waals surface area contributed by atoms with Gasteiger partial charge in [-0.3, -0.25) is 25.6 Å².